The predicted octanol–water partition coefficient (Wildman–Crippen LogP) is 1.19. The Balaban J connectivity index is 2.25. The van der Waals surface area contributed by atoms with E-state index in [1.165, 1.54) is 10.9 Å². The van der Waals surface area contributed by atoms with Crippen molar-refractivity contribution < 1.29 is 19.1 Å². The second-order valence-corrected chi connectivity index (χ2v) is 7.49. The fourth-order valence-electron chi connectivity index (χ4n) is 3.03. The number of nitrogens with one attached hydrogen (secondary N) is 1. The van der Waals surface area contributed by atoms with E-state index in [0.29, 0.717) is 32.3 Å². The highest BCUT2D eigenvalue weighted by molar-refractivity contribution is 5.99. The average molecular weight is 376 g/mol. The van der Waals surface area contributed by atoms with Crippen molar-refractivity contribution in [2.45, 2.75) is 51.2 Å². The molecule has 10 nitrogen and oxygen atoms in total. The van der Waals surface area contributed by atoms with Gasteiger partial charge in [-0.05, 0) is 33.6 Å². The minimum absolute atomic E-state index is 0.0457. The molecule has 0 bridgehead atoms. The SMILES string of the molecule is CC(C)(C)OC(=O)N1CCC(CC#N)(n2cc(C(N)=O)c(NC=O)n2)CC1. The Kier molecular flexibility index (Phi) is 5.73. The van der Waals surface area contributed by atoms with Gasteiger partial charge in [0, 0.05) is 19.3 Å². The van der Waals surface area contributed by atoms with E-state index in [9.17, 15) is 19.6 Å². The highest BCUT2D eigenvalue weighted by Crippen LogP contribution is 2.34. The molecule has 0 saturated carbocycles. The molecule has 1 aromatic rings. The molecule has 1 aliphatic heterocycles. The Hall–Kier alpha value is -3.09. The molecular weight excluding hydrogens is 352 g/mol. The highest BCUT2D eigenvalue weighted by atomic mass is 16.6. The van der Waals surface area contributed by atoms with Crippen LogP contribution in [0.2, 0.25) is 0 Å². The molecule has 0 spiro atoms. The van der Waals surface area contributed by atoms with Crippen LogP contribution in [0, 0.1) is 11.3 Å². The number of nitrogens with zero attached hydrogens (tertiary/aromatic N) is 4. The number of amides is 3. The molecular formula is C17H24N6O4. The first-order chi connectivity index (χ1) is 12.6. The maximum Gasteiger partial charge on any atom is 0.410 e. The van der Waals surface area contributed by atoms with Gasteiger partial charge in [0.05, 0.1) is 18.0 Å². The molecule has 2 rings (SSSR count). The Labute approximate surface area is 157 Å². The number of carbonyl (C=O) groups excluding carboxylic acids is 3. The summed E-state index contributed by atoms with van der Waals surface area (Å²) in [6.45, 7) is 6.14. The van der Waals surface area contributed by atoms with Crippen molar-refractivity contribution in [2.75, 3.05) is 18.4 Å². The lowest BCUT2D eigenvalue weighted by molar-refractivity contribution is -0.105. The molecule has 2 heterocycles. The van der Waals surface area contributed by atoms with Gasteiger partial charge < -0.3 is 20.7 Å². The molecule has 3 amide bonds. The van der Waals surface area contributed by atoms with Gasteiger partial charge in [-0.15, -0.1) is 0 Å². The van der Waals surface area contributed by atoms with Crippen molar-refractivity contribution >= 4 is 24.2 Å². The smallest absolute Gasteiger partial charge is 0.410 e. The first-order valence-corrected chi connectivity index (χ1v) is 8.57. The molecule has 1 aromatic heterocycles. The lowest BCUT2D eigenvalue weighted by atomic mass is 9.85. The first kappa shape index (κ1) is 20.2. The maximum atomic E-state index is 12.3. The molecule has 1 fully saturated rings. The second-order valence-electron chi connectivity index (χ2n) is 7.49. The molecule has 27 heavy (non-hydrogen) atoms. The van der Waals surface area contributed by atoms with Gasteiger partial charge in [-0.1, -0.05) is 0 Å². The molecule has 1 saturated heterocycles. The summed E-state index contributed by atoms with van der Waals surface area (Å²) in [6, 6.07) is 2.15. The minimum atomic E-state index is -0.733. The summed E-state index contributed by atoms with van der Waals surface area (Å²) in [6.07, 6.45) is 2.46. The fraction of sp³-hybridized carbons (Fsp3) is 0.588. The van der Waals surface area contributed by atoms with E-state index < -0.39 is 23.1 Å². The second kappa shape index (κ2) is 7.65. The summed E-state index contributed by atoms with van der Waals surface area (Å²) in [4.78, 5) is 36.2. The van der Waals surface area contributed by atoms with Gasteiger partial charge in [0.15, 0.2) is 5.82 Å². The van der Waals surface area contributed by atoms with E-state index in [1.54, 1.807) is 25.7 Å². The first-order valence-electron chi connectivity index (χ1n) is 8.57. The number of nitrogens with two attached hydrogens (primary N) is 1. The molecule has 0 atom stereocenters. The predicted molar refractivity (Wildman–Crippen MR) is 95.7 cm³/mol. The van der Waals surface area contributed by atoms with Crippen molar-refractivity contribution in [3.8, 4) is 6.07 Å². The van der Waals surface area contributed by atoms with Crippen LogP contribution >= 0.6 is 0 Å². The summed E-state index contributed by atoms with van der Waals surface area (Å²) in [5.74, 6) is -0.687. The summed E-state index contributed by atoms with van der Waals surface area (Å²) in [7, 11) is 0. The summed E-state index contributed by atoms with van der Waals surface area (Å²) in [5.41, 5.74) is 4.11. The van der Waals surface area contributed by atoms with Crippen LogP contribution < -0.4 is 11.1 Å². The molecule has 10 heteroatoms. The standard InChI is InChI=1S/C17H24N6O4/c1-16(2,3)27-15(26)22-8-5-17(4-7-18,6-9-22)23-10-12(13(19)25)14(21-23)20-11-24/h10-11H,4-6,8-9H2,1-3H3,(H2,19,25)(H,20,21,24). The number of piperidine rings is 1. The Morgan fingerprint density at radius 1 is 1.44 bits per heavy atom. The number of likely N-dealkylation sites (tertiary alicyclic amines) is 1. The van der Waals surface area contributed by atoms with E-state index in [1.807, 2.05) is 0 Å². The number of anilines is 1. The van der Waals surface area contributed by atoms with Crippen molar-refractivity contribution in [3.05, 3.63) is 11.8 Å². The average Bonchev–Trinajstić information content (AvgIpc) is 2.99. The van der Waals surface area contributed by atoms with Crippen molar-refractivity contribution in [1.29, 1.82) is 5.26 Å². The summed E-state index contributed by atoms with van der Waals surface area (Å²) >= 11 is 0. The normalized spacial score (nSPS) is 16.3. The van der Waals surface area contributed by atoms with Crippen molar-refractivity contribution in [3.63, 3.8) is 0 Å². The van der Waals surface area contributed by atoms with Crippen LogP contribution in [0.15, 0.2) is 6.20 Å². The largest absolute Gasteiger partial charge is 0.444 e. The lowest BCUT2D eigenvalue weighted by Gasteiger charge is -2.40. The zero-order chi connectivity index (χ0) is 20.2. The molecule has 0 aromatic carbocycles. The molecule has 0 aliphatic carbocycles. The van der Waals surface area contributed by atoms with Gasteiger partial charge in [-0.2, -0.15) is 10.4 Å². The number of rotatable bonds is 5. The van der Waals surface area contributed by atoms with Crippen LogP contribution in [0.25, 0.3) is 0 Å². The summed E-state index contributed by atoms with van der Waals surface area (Å²) in [5, 5.41) is 15.9. The molecule has 0 unspecified atom stereocenters. The molecule has 146 valence electrons. The van der Waals surface area contributed by atoms with Crippen LogP contribution in [0.5, 0.6) is 0 Å². The van der Waals surface area contributed by atoms with Gasteiger partial charge in [0.25, 0.3) is 5.91 Å². The number of hydrogen-bond acceptors (Lipinski definition) is 6. The lowest BCUT2D eigenvalue weighted by Crippen LogP contribution is -2.49. The van der Waals surface area contributed by atoms with Gasteiger partial charge in [0.1, 0.15) is 11.2 Å². The van der Waals surface area contributed by atoms with Crippen LogP contribution in [-0.4, -0.2) is 51.8 Å². The number of ether oxygens (including phenoxy) is 1. The van der Waals surface area contributed by atoms with E-state index >= 15 is 0 Å². The van der Waals surface area contributed by atoms with E-state index in [0.717, 1.165) is 0 Å². The van der Waals surface area contributed by atoms with Gasteiger partial charge in [0.2, 0.25) is 6.41 Å². The number of hydrogen-bond donors (Lipinski definition) is 2. The van der Waals surface area contributed by atoms with E-state index in [-0.39, 0.29) is 17.8 Å². The number of carbonyl (C=O) groups is 3. The zero-order valence-corrected chi connectivity index (χ0v) is 15.7. The molecule has 1 aliphatic rings. The number of nitriles is 1. The Morgan fingerprint density at radius 2 is 2.07 bits per heavy atom. The van der Waals surface area contributed by atoms with Gasteiger partial charge in [-0.25, -0.2) is 4.79 Å². The van der Waals surface area contributed by atoms with Crippen molar-refractivity contribution in [2.24, 2.45) is 5.73 Å². The Bertz CT molecular complexity index is 765. The molecule has 3 N–H and O–H groups in total. The van der Waals surface area contributed by atoms with Gasteiger partial charge >= 0.3 is 6.09 Å². The van der Waals surface area contributed by atoms with Gasteiger partial charge in [-0.3, -0.25) is 14.3 Å². The third-order valence-electron chi connectivity index (χ3n) is 4.42. The van der Waals surface area contributed by atoms with Crippen LogP contribution in [0.1, 0.15) is 50.4 Å². The monoisotopic (exact) mass is 376 g/mol. The van der Waals surface area contributed by atoms with Crippen LogP contribution in [0.3, 0.4) is 0 Å². The quantitative estimate of drug-likeness (QED) is 0.739. The minimum Gasteiger partial charge on any atom is -0.444 e. The number of aromatic nitrogens is 2. The fourth-order valence-corrected chi connectivity index (χ4v) is 3.03. The van der Waals surface area contributed by atoms with E-state index in [2.05, 4.69) is 16.5 Å². The van der Waals surface area contributed by atoms with Crippen LogP contribution in [0.4, 0.5) is 10.6 Å². The summed E-state index contributed by atoms with van der Waals surface area (Å²) < 4.78 is 6.90. The zero-order valence-electron chi connectivity index (χ0n) is 15.7. The maximum absolute atomic E-state index is 12.3. The third-order valence-corrected chi connectivity index (χ3v) is 4.42. The highest BCUT2D eigenvalue weighted by Gasteiger charge is 2.40. The Morgan fingerprint density at radius 3 is 2.56 bits per heavy atom. The molecule has 0 radical (unpaired) electrons. The van der Waals surface area contributed by atoms with Crippen LogP contribution in [-0.2, 0) is 15.1 Å². The third kappa shape index (κ3) is 4.55. The van der Waals surface area contributed by atoms with Crippen molar-refractivity contribution in [1.82, 2.24) is 14.7 Å². The number of primary amides is 1. The van der Waals surface area contributed by atoms with E-state index in [4.69, 9.17) is 10.5 Å². The topological polar surface area (TPSA) is 143 Å².